The molecule has 1 N–H and O–H groups in total. The second-order valence-electron chi connectivity index (χ2n) is 5.55. The van der Waals surface area contributed by atoms with E-state index in [2.05, 4.69) is 26.2 Å². The molecule has 3 rings (SSSR count). The molecule has 8 heteroatoms. The fourth-order valence-electron chi connectivity index (χ4n) is 2.37. The lowest BCUT2D eigenvalue weighted by Crippen LogP contribution is -2.20. The maximum absolute atomic E-state index is 13.7. The first kappa shape index (κ1) is 18.6. The van der Waals surface area contributed by atoms with Gasteiger partial charge in [0.1, 0.15) is 5.82 Å². The molecule has 0 bridgehead atoms. The van der Waals surface area contributed by atoms with E-state index in [0.29, 0.717) is 26.3 Å². The van der Waals surface area contributed by atoms with Gasteiger partial charge in [0.25, 0.3) is 5.56 Å². The number of carbonyl (C=O) groups excluding carboxylic acids is 1. The predicted molar refractivity (Wildman–Crippen MR) is 105 cm³/mol. The third kappa shape index (κ3) is 4.13. The normalized spacial score (nSPS) is 10.9. The van der Waals surface area contributed by atoms with Gasteiger partial charge >= 0.3 is 0 Å². The summed E-state index contributed by atoms with van der Waals surface area (Å²) in [7, 11) is 1.65. The molecule has 0 aliphatic carbocycles. The number of rotatable bonds is 5. The van der Waals surface area contributed by atoms with Crippen LogP contribution in [0, 0.1) is 5.82 Å². The van der Waals surface area contributed by atoms with E-state index in [9.17, 15) is 14.0 Å². The Morgan fingerprint density at radius 2 is 2.08 bits per heavy atom. The van der Waals surface area contributed by atoms with Gasteiger partial charge in [-0.1, -0.05) is 39.8 Å². The number of benzene rings is 2. The van der Waals surface area contributed by atoms with E-state index in [1.165, 1.54) is 28.5 Å². The number of fused-ring (bicyclic) bond motifs is 1. The number of thioether (sulfide) groups is 1. The maximum atomic E-state index is 13.7. The molecule has 3 aromatic rings. The lowest BCUT2D eigenvalue weighted by molar-refractivity contribution is -0.115. The third-order valence-electron chi connectivity index (χ3n) is 3.71. The molecule has 0 aliphatic heterocycles. The summed E-state index contributed by atoms with van der Waals surface area (Å²) in [5.41, 5.74) is 0.637. The van der Waals surface area contributed by atoms with E-state index in [0.717, 1.165) is 0 Å². The molecule has 0 fully saturated rings. The topological polar surface area (TPSA) is 64.0 Å². The lowest BCUT2D eigenvalue weighted by Gasteiger charge is -2.09. The minimum Gasteiger partial charge on any atom is -0.324 e. The first-order valence-electron chi connectivity index (χ1n) is 7.79. The van der Waals surface area contributed by atoms with Crippen LogP contribution in [0.3, 0.4) is 0 Å². The number of carbonyl (C=O) groups is 1. The Balaban J connectivity index is 1.64. The molecule has 134 valence electrons. The van der Waals surface area contributed by atoms with Crippen LogP contribution in [0.4, 0.5) is 10.1 Å². The molecule has 26 heavy (non-hydrogen) atoms. The Morgan fingerprint density at radius 3 is 2.85 bits per heavy atom. The number of amides is 1. The number of nitrogens with zero attached hydrogens (tertiary/aromatic N) is 2. The highest BCUT2D eigenvalue weighted by atomic mass is 79.9. The summed E-state index contributed by atoms with van der Waals surface area (Å²) in [6, 6.07) is 11.6. The largest absolute Gasteiger partial charge is 0.324 e. The molecule has 1 heterocycles. The van der Waals surface area contributed by atoms with Gasteiger partial charge in [-0.25, -0.2) is 9.37 Å². The number of hydrogen-bond acceptors (Lipinski definition) is 4. The molecule has 1 aromatic heterocycles. The molecule has 0 spiro atoms. The highest BCUT2D eigenvalue weighted by molar-refractivity contribution is 9.10. The number of halogens is 2. The second kappa shape index (κ2) is 8.01. The average molecular weight is 436 g/mol. The summed E-state index contributed by atoms with van der Waals surface area (Å²) in [6.07, 6.45) is 0.170. The monoisotopic (exact) mass is 435 g/mol. The summed E-state index contributed by atoms with van der Waals surface area (Å²) in [6.45, 7) is 0. The van der Waals surface area contributed by atoms with Crippen LogP contribution in [-0.2, 0) is 11.8 Å². The zero-order chi connectivity index (χ0) is 18.7. The molecule has 0 unspecified atom stereocenters. The Labute approximate surface area is 161 Å². The number of hydrogen-bond donors (Lipinski definition) is 1. The third-order valence-corrected chi connectivity index (χ3v) is 5.23. The molecule has 0 aliphatic rings. The number of nitrogens with one attached hydrogen (secondary N) is 1. The van der Waals surface area contributed by atoms with E-state index >= 15 is 0 Å². The van der Waals surface area contributed by atoms with Crippen molar-refractivity contribution in [1.29, 1.82) is 0 Å². The Kier molecular flexibility index (Phi) is 5.73. The van der Waals surface area contributed by atoms with Gasteiger partial charge in [0.05, 0.1) is 16.6 Å². The number of anilines is 1. The van der Waals surface area contributed by atoms with Crippen molar-refractivity contribution in [3.63, 3.8) is 0 Å². The fraction of sp³-hybridized carbons (Fsp3) is 0.167. The van der Waals surface area contributed by atoms with E-state index in [-0.39, 0.29) is 23.6 Å². The number of aromatic nitrogens is 2. The van der Waals surface area contributed by atoms with Crippen LogP contribution in [0.1, 0.15) is 6.42 Å². The van der Waals surface area contributed by atoms with Crippen molar-refractivity contribution in [3.05, 3.63) is 63.1 Å². The SMILES string of the molecule is Cn1c(SCCC(=O)Nc2ccc(Br)cc2F)nc2ccccc2c1=O. The van der Waals surface area contributed by atoms with Crippen molar-refractivity contribution in [1.82, 2.24) is 9.55 Å². The standard InChI is InChI=1S/C18H15BrFN3O2S/c1-23-17(25)12-4-2-3-5-14(12)22-18(23)26-9-8-16(24)21-15-7-6-11(19)10-13(15)20/h2-7,10H,8-9H2,1H3,(H,21,24). The van der Waals surface area contributed by atoms with Crippen LogP contribution in [0.25, 0.3) is 10.9 Å². The maximum Gasteiger partial charge on any atom is 0.261 e. The Bertz CT molecular complexity index is 1040. The second-order valence-corrected chi connectivity index (χ2v) is 7.52. The van der Waals surface area contributed by atoms with Gasteiger partial charge in [-0.2, -0.15) is 0 Å². The first-order chi connectivity index (χ1) is 12.5. The van der Waals surface area contributed by atoms with Gasteiger partial charge in [0.15, 0.2) is 5.16 Å². The van der Waals surface area contributed by atoms with E-state index in [1.807, 2.05) is 6.07 Å². The van der Waals surface area contributed by atoms with Gasteiger partial charge < -0.3 is 5.32 Å². The lowest BCUT2D eigenvalue weighted by atomic mass is 10.2. The van der Waals surface area contributed by atoms with Crippen LogP contribution >= 0.6 is 27.7 Å². The summed E-state index contributed by atoms with van der Waals surface area (Å²) >= 11 is 4.48. The number of para-hydroxylation sites is 1. The van der Waals surface area contributed by atoms with Gasteiger partial charge in [-0.3, -0.25) is 14.2 Å². The first-order valence-corrected chi connectivity index (χ1v) is 9.57. The van der Waals surface area contributed by atoms with Crippen LogP contribution in [0.2, 0.25) is 0 Å². The van der Waals surface area contributed by atoms with Crippen molar-refractivity contribution in [3.8, 4) is 0 Å². The fourth-order valence-corrected chi connectivity index (χ4v) is 3.61. The molecule has 0 radical (unpaired) electrons. The molecule has 0 saturated heterocycles. The summed E-state index contributed by atoms with van der Waals surface area (Å²) < 4.78 is 15.8. The van der Waals surface area contributed by atoms with E-state index in [1.54, 1.807) is 31.3 Å². The summed E-state index contributed by atoms with van der Waals surface area (Å²) in [4.78, 5) is 28.8. The molecule has 0 atom stereocenters. The van der Waals surface area contributed by atoms with Crippen molar-refractivity contribution in [2.45, 2.75) is 11.6 Å². The van der Waals surface area contributed by atoms with Crippen molar-refractivity contribution in [2.75, 3.05) is 11.1 Å². The van der Waals surface area contributed by atoms with Crippen LogP contribution < -0.4 is 10.9 Å². The smallest absolute Gasteiger partial charge is 0.261 e. The zero-order valence-electron chi connectivity index (χ0n) is 13.8. The van der Waals surface area contributed by atoms with Crippen LogP contribution in [-0.4, -0.2) is 21.2 Å². The zero-order valence-corrected chi connectivity index (χ0v) is 16.2. The molecular weight excluding hydrogens is 421 g/mol. The molecule has 2 aromatic carbocycles. The molecule has 1 amide bonds. The molecule has 5 nitrogen and oxygen atoms in total. The van der Waals surface area contributed by atoms with Crippen molar-refractivity contribution >= 4 is 50.2 Å². The summed E-state index contributed by atoms with van der Waals surface area (Å²) in [5, 5.41) is 3.64. The molecule has 0 saturated carbocycles. The van der Waals surface area contributed by atoms with Gasteiger partial charge in [0, 0.05) is 23.7 Å². The minimum atomic E-state index is -0.501. The Morgan fingerprint density at radius 1 is 1.31 bits per heavy atom. The average Bonchev–Trinajstić information content (AvgIpc) is 2.61. The molecular formula is C18H15BrFN3O2S. The van der Waals surface area contributed by atoms with Crippen molar-refractivity contribution in [2.24, 2.45) is 7.05 Å². The van der Waals surface area contributed by atoms with Gasteiger partial charge in [-0.05, 0) is 30.3 Å². The van der Waals surface area contributed by atoms with E-state index in [4.69, 9.17) is 0 Å². The van der Waals surface area contributed by atoms with Crippen LogP contribution in [0.15, 0.2) is 56.9 Å². The summed E-state index contributed by atoms with van der Waals surface area (Å²) in [5.74, 6) is -0.383. The minimum absolute atomic E-state index is 0.125. The van der Waals surface area contributed by atoms with E-state index < -0.39 is 5.82 Å². The predicted octanol–water partition coefficient (Wildman–Crippen LogP) is 3.96. The van der Waals surface area contributed by atoms with Crippen molar-refractivity contribution < 1.29 is 9.18 Å². The Hall–Kier alpha value is -2.19. The van der Waals surface area contributed by atoms with Crippen LogP contribution in [0.5, 0.6) is 0 Å². The highest BCUT2D eigenvalue weighted by Crippen LogP contribution is 2.21. The van der Waals surface area contributed by atoms with Gasteiger partial charge in [-0.15, -0.1) is 0 Å². The quantitative estimate of drug-likeness (QED) is 0.486. The highest BCUT2D eigenvalue weighted by Gasteiger charge is 2.11. The van der Waals surface area contributed by atoms with Gasteiger partial charge in [0.2, 0.25) is 5.91 Å².